The summed E-state index contributed by atoms with van der Waals surface area (Å²) in [5, 5.41) is 5.87. The predicted molar refractivity (Wildman–Crippen MR) is 78.4 cm³/mol. The van der Waals surface area contributed by atoms with Crippen LogP contribution in [0, 0.1) is 0 Å². The van der Waals surface area contributed by atoms with Crippen molar-refractivity contribution in [3.05, 3.63) is 35.9 Å². The number of nitrogens with one attached hydrogen (secondary N) is 2. The van der Waals surface area contributed by atoms with Gasteiger partial charge in [0.1, 0.15) is 0 Å². The van der Waals surface area contributed by atoms with Crippen LogP contribution in [0.2, 0.25) is 0 Å². The Kier molecular flexibility index (Phi) is 5.59. The first-order valence-corrected chi connectivity index (χ1v) is 7.38. The van der Waals surface area contributed by atoms with Gasteiger partial charge in [0.25, 0.3) is 5.91 Å². The van der Waals surface area contributed by atoms with Gasteiger partial charge in [0.2, 0.25) is 5.91 Å². The summed E-state index contributed by atoms with van der Waals surface area (Å²) in [5.41, 5.74) is 0.691. The summed E-state index contributed by atoms with van der Waals surface area (Å²) in [6, 6.07) is 9.66. The van der Waals surface area contributed by atoms with Crippen LogP contribution in [0.15, 0.2) is 30.3 Å². The molecule has 1 aliphatic carbocycles. The molecule has 0 heterocycles. The van der Waals surface area contributed by atoms with Gasteiger partial charge in [0, 0.05) is 24.6 Å². The lowest BCUT2D eigenvalue weighted by Crippen LogP contribution is -2.25. The number of carbonyl (C=O) groups excluding carboxylic acids is 2. The number of unbranched alkanes of at least 4 members (excludes halogenated alkanes) is 2. The minimum absolute atomic E-state index is 0.0305. The zero-order valence-corrected chi connectivity index (χ0v) is 11.7. The fourth-order valence-corrected chi connectivity index (χ4v) is 2.01. The molecular formula is C16H22N2O2. The molecule has 0 bridgehead atoms. The lowest BCUT2D eigenvalue weighted by atomic mass is 10.1. The summed E-state index contributed by atoms with van der Waals surface area (Å²) < 4.78 is 0. The molecule has 4 nitrogen and oxygen atoms in total. The minimum atomic E-state index is -0.0305. The maximum atomic E-state index is 11.7. The molecule has 1 aliphatic rings. The average molecular weight is 274 g/mol. The van der Waals surface area contributed by atoms with Crippen molar-refractivity contribution in [1.29, 1.82) is 0 Å². The molecule has 1 fully saturated rings. The molecule has 0 aromatic heterocycles. The molecule has 20 heavy (non-hydrogen) atoms. The highest BCUT2D eigenvalue weighted by Gasteiger charge is 2.22. The van der Waals surface area contributed by atoms with Gasteiger partial charge in [-0.3, -0.25) is 9.59 Å². The lowest BCUT2D eigenvalue weighted by Gasteiger charge is -2.05. The number of rotatable bonds is 8. The molecule has 1 saturated carbocycles. The standard InChI is InChI=1S/C16H22N2O2/c19-15(18-14-10-11-14)9-5-2-6-12-17-16(20)13-7-3-1-4-8-13/h1,3-4,7-8,14H,2,5-6,9-12H2,(H,17,20)(H,18,19). The Morgan fingerprint density at radius 2 is 1.80 bits per heavy atom. The summed E-state index contributed by atoms with van der Waals surface area (Å²) in [4.78, 5) is 23.2. The second-order valence-corrected chi connectivity index (χ2v) is 5.27. The fraction of sp³-hybridized carbons (Fsp3) is 0.500. The van der Waals surface area contributed by atoms with Gasteiger partial charge >= 0.3 is 0 Å². The Bertz CT molecular complexity index is 441. The summed E-state index contributed by atoms with van der Waals surface area (Å²) >= 11 is 0. The van der Waals surface area contributed by atoms with Crippen molar-refractivity contribution in [3.8, 4) is 0 Å². The molecule has 0 spiro atoms. The number of benzene rings is 1. The summed E-state index contributed by atoms with van der Waals surface area (Å²) in [5.74, 6) is 0.137. The molecular weight excluding hydrogens is 252 g/mol. The van der Waals surface area contributed by atoms with E-state index in [-0.39, 0.29) is 11.8 Å². The van der Waals surface area contributed by atoms with E-state index >= 15 is 0 Å². The molecule has 2 N–H and O–H groups in total. The molecule has 0 aliphatic heterocycles. The topological polar surface area (TPSA) is 58.2 Å². The van der Waals surface area contributed by atoms with Crippen molar-refractivity contribution in [2.45, 2.75) is 44.6 Å². The third-order valence-electron chi connectivity index (χ3n) is 3.34. The second-order valence-electron chi connectivity index (χ2n) is 5.27. The van der Waals surface area contributed by atoms with E-state index in [0.717, 1.165) is 32.1 Å². The van der Waals surface area contributed by atoms with Crippen molar-refractivity contribution in [3.63, 3.8) is 0 Å². The Labute approximate surface area is 119 Å². The average Bonchev–Trinajstić information content (AvgIpc) is 3.27. The van der Waals surface area contributed by atoms with Crippen LogP contribution in [0.25, 0.3) is 0 Å². The molecule has 108 valence electrons. The monoisotopic (exact) mass is 274 g/mol. The normalized spacial score (nSPS) is 13.8. The van der Waals surface area contributed by atoms with Crippen LogP contribution in [-0.2, 0) is 4.79 Å². The first-order valence-electron chi connectivity index (χ1n) is 7.38. The van der Waals surface area contributed by atoms with Gasteiger partial charge in [-0.15, -0.1) is 0 Å². The highest BCUT2D eigenvalue weighted by molar-refractivity contribution is 5.94. The summed E-state index contributed by atoms with van der Waals surface area (Å²) in [6.07, 6.45) is 5.64. The highest BCUT2D eigenvalue weighted by Crippen LogP contribution is 2.18. The zero-order valence-electron chi connectivity index (χ0n) is 11.7. The van der Waals surface area contributed by atoms with Crippen molar-refractivity contribution in [2.24, 2.45) is 0 Å². The second kappa shape index (κ2) is 7.68. The SMILES string of the molecule is O=C(CCCCCNC(=O)c1ccccc1)NC1CC1. The van der Waals surface area contributed by atoms with E-state index in [9.17, 15) is 9.59 Å². The van der Waals surface area contributed by atoms with Crippen LogP contribution < -0.4 is 10.6 Å². The molecule has 0 saturated heterocycles. The molecule has 4 heteroatoms. The minimum Gasteiger partial charge on any atom is -0.353 e. The maximum Gasteiger partial charge on any atom is 0.251 e. The van der Waals surface area contributed by atoms with Crippen molar-refractivity contribution in [2.75, 3.05) is 6.54 Å². The number of carbonyl (C=O) groups is 2. The van der Waals surface area contributed by atoms with Gasteiger partial charge in [-0.2, -0.15) is 0 Å². The van der Waals surface area contributed by atoms with Gasteiger partial charge in [0.15, 0.2) is 0 Å². The van der Waals surface area contributed by atoms with Crippen LogP contribution in [0.1, 0.15) is 48.9 Å². The van der Waals surface area contributed by atoms with Crippen LogP contribution >= 0.6 is 0 Å². The van der Waals surface area contributed by atoms with Gasteiger partial charge in [-0.1, -0.05) is 24.6 Å². The zero-order chi connectivity index (χ0) is 14.2. The van der Waals surface area contributed by atoms with Crippen molar-refractivity contribution < 1.29 is 9.59 Å². The van der Waals surface area contributed by atoms with E-state index in [1.54, 1.807) is 12.1 Å². The fourth-order valence-electron chi connectivity index (χ4n) is 2.01. The van der Waals surface area contributed by atoms with Crippen molar-refractivity contribution >= 4 is 11.8 Å². The molecule has 2 amide bonds. The van der Waals surface area contributed by atoms with Crippen LogP contribution in [0.5, 0.6) is 0 Å². The van der Waals surface area contributed by atoms with Gasteiger partial charge in [-0.25, -0.2) is 0 Å². The van der Waals surface area contributed by atoms with Gasteiger partial charge < -0.3 is 10.6 Å². The van der Waals surface area contributed by atoms with E-state index < -0.39 is 0 Å². The third-order valence-corrected chi connectivity index (χ3v) is 3.34. The summed E-state index contributed by atoms with van der Waals surface area (Å²) in [6.45, 7) is 0.665. The van der Waals surface area contributed by atoms with E-state index in [4.69, 9.17) is 0 Å². The maximum absolute atomic E-state index is 11.7. The number of amides is 2. The first kappa shape index (κ1) is 14.6. The van der Waals surface area contributed by atoms with Crippen LogP contribution in [-0.4, -0.2) is 24.4 Å². The lowest BCUT2D eigenvalue weighted by molar-refractivity contribution is -0.121. The Morgan fingerprint density at radius 1 is 1.05 bits per heavy atom. The van der Waals surface area contributed by atoms with E-state index in [1.165, 1.54) is 0 Å². The van der Waals surface area contributed by atoms with E-state index in [0.29, 0.717) is 24.6 Å². The van der Waals surface area contributed by atoms with Crippen LogP contribution in [0.4, 0.5) is 0 Å². The van der Waals surface area contributed by atoms with Crippen LogP contribution in [0.3, 0.4) is 0 Å². The van der Waals surface area contributed by atoms with Gasteiger partial charge in [0.05, 0.1) is 0 Å². The van der Waals surface area contributed by atoms with E-state index in [2.05, 4.69) is 10.6 Å². The van der Waals surface area contributed by atoms with E-state index in [1.807, 2.05) is 18.2 Å². The van der Waals surface area contributed by atoms with Gasteiger partial charge in [-0.05, 0) is 37.8 Å². The number of hydrogen-bond acceptors (Lipinski definition) is 2. The highest BCUT2D eigenvalue weighted by atomic mass is 16.2. The molecule has 2 rings (SSSR count). The first-order chi connectivity index (χ1) is 9.75. The molecule has 1 aromatic carbocycles. The number of hydrogen-bond donors (Lipinski definition) is 2. The molecule has 0 unspecified atom stereocenters. The summed E-state index contributed by atoms with van der Waals surface area (Å²) in [7, 11) is 0. The predicted octanol–water partition coefficient (Wildman–Crippen LogP) is 2.26. The smallest absolute Gasteiger partial charge is 0.251 e. The third kappa shape index (κ3) is 5.43. The Hall–Kier alpha value is -1.84. The largest absolute Gasteiger partial charge is 0.353 e. The molecule has 1 aromatic rings. The molecule has 0 atom stereocenters. The van der Waals surface area contributed by atoms with Crippen molar-refractivity contribution in [1.82, 2.24) is 10.6 Å². The Balaban J connectivity index is 1.49. The molecule has 0 radical (unpaired) electrons. The quantitative estimate of drug-likeness (QED) is 0.714. The Morgan fingerprint density at radius 3 is 2.50 bits per heavy atom.